The Bertz CT molecular complexity index is 637. The first-order chi connectivity index (χ1) is 12.0. The molecule has 1 aromatic carbocycles. The van der Waals surface area contributed by atoms with Gasteiger partial charge in [0.1, 0.15) is 6.04 Å². The SMILES string of the molecule is CC(=O)NC(CCC(CNCC(F)(F)F)c1cccc(F)c1F)C(=O)O. The van der Waals surface area contributed by atoms with E-state index in [0.29, 0.717) is 0 Å². The van der Waals surface area contributed by atoms with Crippen LogP contribution in [-0.2, 0) is 9.59 Å². The van der Waals surface area contributed by atoms with E-state index >= 15 is 0 Å². The van der Waals surface area contributed by atoms with Crippen LogP contribution in [0.2, 0.25) is 0 Å². The zero-order valence-electron chi connectivity index (χ0n) is 13.9. The molecule has 2 atom stereocenters. The Kier molecular flexibility index (Phi) is 7.94. The highest BCUT2D eigenvalue weighted by Gasteiger charge is 2.28. The highest BCUT2D eigenvalue weighted by atomic mass is 19.4. The minimum atomic E-state index is -4.48. The average Bonchev–Trinajstić information content (AvgIpc) is 2.50. The normalized spacial score (nSPS) is 13.9. The molecule has 0 saturated carbocycles. The fourth-order valence-corrected chi connectivity index (χ4v) is 2.46. The van der Waals surface area contributed by atoms with Crippen molar-refractivity contribution in [2.24, 2.45) is 0 Å². The van der Waals surface area contributed by atoms with E-state index in [2.05, 4.69) is 10.6 Å². The second-order valence-electron chi connectivity index (χ2n) is 5.75. The van der Waals surface area contributed by atoms with Gasteiger partial charge in [-0.2, -0.15) is 13.2 Å². The molecule has 0 aliphatic heterocycles. The van der Waals surface area contributed by atoms with Crippen molar-refractivity contribution >= 4 is 11.9 Å². The molecule has 1 rings (SSSR count). The van der Waals surface area contributed by atoms with Crippen LogP contribution in [0.1, 0.15) is 31.2 Å². The lowest BCUT2D eigenvalue weighted by Crippen LogP contribution is -2.40. The van der Waals surface area contributed by atoms with Crippen molar-refractivity contribution in [3.8, 4) is 0 Å². The summed E-state index contributed by atoms with van der Waals surface area (Å²) >= 11 is 0. The molecule has 0 bridgehead atoms. The van der Waals surface area contributed by atoms with Crippen molar-refractivity contribution in [1.29, 1.82) is 0 Å². The van der Waals surface area contributed by atoms with Gasteiger partial charge in [0.25, 0.3) is 0 Å². The first kappa shape index (κ1) is 21.8. The molecular weight excluding hydrogens is 363 g/mol. The van der Waals surface area contributed by atoms with Gasteiger partial charge in [0.15, 0.2) is 11.6 Å². The summed E-state index contributed by atoms with van der Waals surface area (Å²) in [4.78, 5) is 22.2. The Hall–Kier alpha value is -2.23. The number of alkyl halides is 3. The van der Waals surface area contributed by atoms with E-state index in [9.17, 15) is 31.5 Å². The Morgan fingerprint density at radius 3 is 2.38 bits per heavy atom. The monoisotopic (exact) mass is 382 g/mol. The molecule has 0 heterocycles. The predicted octanol–water partition coefficient (Wildman–Crippen LogP) is 2.57. The van der Waals surface area contributed by atoms with Gasteiger partial charge in [-0.15, -0.1) is 0 Å². The minimum absolute atomic E-state index is 0.0809. The molecule has 146 valence electrons. The van der Waals surface area contributed by atoms with Crippen molar-refractivity contribution < 1.29 is 36.6 Å². The summed E-state index contributed by atoms with van der Waals surface area (Å²) in [5, 5.41) is 13.4. The fourth-order valence-electron chi connectivity index (χ4n) is 2.46. The molecule has 0 saturated heterocycles. The summed E-state index contributed by atoms with van der Waals surface area (Å²) in [7, 11) is 0. The summed E-state index contributed by atoms with van der Waals surface area (Å²) in [5.74, 6) is -5.19. The zero-order valence-corrected chi connectivity index (χ0v) is 13.9. The number of halogens is 5. The number of hydrogen-bond acceptors (Lipinski definition) is 3. The molecule has 0 radical (unpaired) electrons. The lowest BCUT2D eigenvalue weighted by molar-refractivity contribution is -0.141. The minimum Gasteiger partial charge on any atom is -0.480 e. The molecule has 1 amide bonds. The molecule has 5 nitrogen and oxygen atoms in total. The summed E-state index contributed by atoms with van der Waals surface area (Å²) < 4.78 is 64.3. The number of rotatable bonds is 9. The average molecular weight is 382 g/mol. The third kappa shape index (κ3) is 7.34. The number of hydrogen-bond donors (Lipinski definition) is 3. The summed E-state index contributed by atoms with van der Waals surface area (Å²) in [6.07, 6.45) is -4.73. The fraction of sp³-hybridized carbons (Fsp3) is 0.500. The standard InChI is InChI=1S/C16H19F5N2O3/c1-9(24)23-13(15(25)26)6-5-10(7-22-8-16(19,20)21)11-3-2-4-12(17)14(11)18/h2-4,10,13,22H,5-8H2,1H3,(H,23,24)(H,25,26). The third-order valence-corrected chi connectivity index (χ3v) is 3.62. The van der Waals surface area contributed by atoms with Crippen LogP contribution in [0.15, 0.2) is 18.2 Å². The molecule has 0 aliphatic rings. The van der Waals surface area contributed by atoms with E-state index in [-0.39, 0.29) is 24.9 Å². The maximum absolute atomic E-state index is 14.0. The summed E-state index contributed by atoms with van der Waals surface area (Å²) in [6.45, 7) is -0.550. The van der Waals surface area contributed by atoms with Gasteiger partial charge in [0.05, 0.1) is 6.54 Å². The van der Waals surface area contributed by atoms with E-state index < -0.39 is 48.2 Å². The molecule has 10 heteroatoms. The van der Waals surface area contributed by atoms with Crippen LogP contribution in [-0.4, -0.2) is 42.3 Å². The molecule has 0 aromatic heterocycles. The molecule has 1 aromatic rings. The highest BCUT2D eigenvalue weighted by molar-refractivity contribution is 5.81. The number of aliphatic carboxylic acids is 1. The van der Waals surface area contributed by atoms with E-state index in [0.717, 1.165) is 13.0 Å². The van der Waals surface area contributed by atoms with Gasteiger partial charge in [0.2, 0.25) is 5.91 Å². The Balaban J connectivity index is 2.91. The molecule has 0 aliphatic carbocycles. The van der Waals surface area contributed by atoms with Gasteiger partial charge >= 0.3 is 12.1 Å². The molecular formula is C16H19F5N2O3. The smallest absolute Gasteiger partial charge is 0.401 e. The second-order valence-corrected chi connectivity index (χ2v) is 5.75. The predicted molar refractivity (Wildman–Crippen MR) is 82.5 cm³/mol. The highest BCUT2D eigenvalue weighted by Crippen LogP contribution is 2.26. The number of amides is 1. The molecule has 0 fully saturated rings. The van der Waals surface area contributed by atoms with Crippen molar-refractivity contribution in [2.45, 2.75) is 37.9 Å². The zero-order chi connectivity index (χ0) is 19.9. The van der Waals surface area contributed by atoms with Crippen molar-refractivity contribution in [3.05, 3.63) is 35.4 Å². The van der Waals surface area contributed by atoms with E-state index in [1.165, 1.54) is 12.1 Å². The largest absolute Gasteiger partial charge is 0.480 e. The van der Waals surface area contributed by atoms with Crippen LogP contribution in [0.4, 0.5) is 22.0 Å². The number of benzene rings is 1. The van der Waals surface area contributed by atoms with Gasteiger partial charge in [-0.25, -0.2) is 13.6 Å². The number of carbonyl (C=O) groups excluding carboxylic acids is 1. The summed E-state index contributed by atoms with van der Waals surface area (Å²) in [6, 6.07) is 2.03. The van der Waals surface area contributed by atoms with Gasteiger partial charge in [-0.05, 0) is 30.4 Å². The van der Waals surface area contributed by atoms with Crippen LogP contribution >= 0.6 is 0 Å². The third-order valence-electron chi connectivity index (χ3n) is 3.62. The van der Waals surface area contributed by atoms with Crippen LogP contribution in [0.5, 0.6) is 0 Å². The number of nitrogens with one attached hydrogen (secondary N) is 2. The number of carbonyl (C=O) groups is 2. The lowest BCUT2D eigenvalue weighted by atomic mass is 9.91. The van der Waals surface area contributed by atoms with Crippen molar-refractivity contribution in [2.75, 3.05) is 13.1 Å². The molecule has 2 unspecified atom stereocenters. The van der Waals surface area contributed by atoms with Crippen LogP contribution in [0, 0.1) is 11.6 Å². The summed E-state index contributed by atoms with van der Waals surface area (Å²) in [5.41, 5.74) is -0.161. The van der Waals surface area contributed by atoms with Crippen LogP contribution in [0.3, 0.4) is 0 Å². The Morgan fingerprint density at radius 2 is 1.85 bits per heavy atom. The van der Waals surface area contributed by atoms with Gasteiger partial charge in [-0.3, -0.25) is 4.79 Å². The maximum atomic E-state index is 14.0. The quantitative estimate of drug-likeness (QED) is 0.574. The molecule has 26 heavy (non-hydrogen) atoms. The molecule has 3 N–H and O–H groups in total. The Morgan fingerprint density at radius 1 is 1.19 bits per heavy atom. The second kappa shape index (κ2) is 9.46. The van der Waals surface area contributed by atoms with Crippen molar-refractivity contribution in [3.63, 3.8) is 0 Å². The van der Waals surface area contributed by atoms with E-state index in [1.54, 1.807) is 0 Å². The maximum Gasteiger partial charge on any atom is 0.401 e. The van der Waals surface area contributed by atoms with Crippen LogP contribution in [0.25, 0.3) is 0 Å². The topological polar surface area (TPSA) is 78.4 Å². The first-order valence-electron chi connectivity index (χ1n) is 7.72. The number of carboxylic acid groups (broad SMARTS) is 1. The lowest BCUT2D eigenvalue weighted by Gasteiger charge is -2.22. The van der Waals surface area contributed by atoms with E-state index in [1.807, 2.05) is 0 Å². The first-order valence-corrected chi connectivity index (χ1v) is 7.72. The van der Waals surface area contributed by atoms with Crippen LogP contribution < -0.4 is 10.6 Å². The van der Waals surface area contributed by atoms with Crippen molar-refractivity contribution in [1.82, 2.24) is 10.6 Å². The van der Waals surface area contributed by atoms with E-state index in [4.69, 9.17) is 5.11 Å². The van der Waals surface area contributed by atoms with Gasteiger partial charge in [0, 0.05) is 13.5 Å². The Labute approximate surface area is 146 Å². The van der Waals surface area contributed by atoms with Gasteiger partial charge < -0.3 is 15.7 Å². The molecule has 0 spiro atoms. The number of carboxylic acids is 1. The van der Waals surface area contributed by atoms with Gasteiger partial charge in [-0.1, -0.05) is 12.1 Å².